The van der Waals surface area contributed by atoms with E-state index in [2.05, 4.69) is 5.32 Å². The second-order valence-electron chi connectivity index (χ2n) is 2.85. The summed E-state index contributed by atoms with van der Waals surface area (Å²) in [5.74, 6) is -1.72. The number of rotatable bonds is 5. The number of carbonyl (C=O) groups excluding carboxylic acids is 2. The highest BCUT2D eigenvalue weighted by molar-refractivity contribution is 6.03. The van der Waals surface area contributed by atoms with Crippen LogP contribution >= 0.6 is 0 Å². The van der Waals surface area contributed by atoms with Gasteiger partial charge in [0.15, 0.2) is 5.78 Å². The maximum Gasteiger partial charge on any atom is 0.316 e. The zero-order chi connectivity index (χ0) is 9.78. The van der Waals surface area contributed by atoms with Gasteiger partial charge in [-0.2, -0.15) is 0 Å². The molecule has 0 heterocycles. The van der Waals surface area contributed by atoms with Gasteiger partial charge in [-0.15, -0.1) is 0 Å². The lowest BCUT2D eigenvalue weighted by molar-refractivity contribution is -0.152. The van der Waals surface area contributed by atoms with E-state index < -0.39 is 17.2 Å². The van der Waals surface area contributed by atoms with Gasteiger partial charge in [-0.05, 0) is 13.8 Å². The number of hydrogen-bond acceptors (Lipinski definition) is 3. The topological polar surface area (TPSA) is 83.5 Å². The quantitative estimate of drug-likeness (QED) is 0.430. The van der Waals surface area contributed by atoms with Gasteiger partial charge in [0.05, 0.1) is 6.54 Å². The summed E-state index contributed by atoms with van der Waals surface area (Å²) in [5.41, 5.74) is -1.43. The van der Waals surface area contributed by atoms with Crippen molar-refractivity contribution in [3.05, 3.63) is 0 Å². The molecule has 0 radical (unpaired) electrons. The van der Waals surface area contributed by atoms with Crippen molar-refractivity contribution < 1.29 is 19.5 Å². The van der Waals surface area contributed by atoms with Crippen molar-refractivity contribution in [2.75, 3.05) is 6.54 Å². The molecule has 0 rings (SSSR count). The highest BCUT2D eigenvalue weighted by Gasteiger charge is 2.34. The molecule has 1 amide bonds. The summed E-state index contributed by atoms with van der Waals surface area (Å²) in [7, 11) is 0. The summed E-state index contributed by atoms with van der Waals surface area (Å²) in [5, 5.41) is 10.7. The third-order valence-electron chi connectivity index (χ3n) is 1.58. The lowest BCUT2D eigenvalue weighted by Crippen LogP contribution is -2.39. The lowest BCUT2D eigenvalue weighted by atomic mass is 9.88. The molecule has 5 nitrogen and oxygen atoms in total. The predicted molar refractivity (Wildman–Crippen MR) is 40.5 cm³/mol. The van der Waals surface area contributed by atoms with Gasteiger partial charge in [0.25, 0.3) is 0 Å². The zero-order valence-corrected chi connectivity index (χ0v) is 6.96. The Bertz CT molecular complexity index is 209. The number of amides is 1. The monoisotopic (exact) mass is 173 g/mol. The van der Waals surface area contributed by atoms with Crippen LogP contribution in [0.3, 0.4) is 0 Å². The molecule has 0 aliphatic carbocycles. The first-order valence-electron chi connectivity index (χ1n) is 3.36. The molecule has 68 valence electrons. The minimum atomic E-state index is -1.43. The van der Waals surface area contributed by atoms with Crippen LogP contribution in [0.25, 0.3) is 0 Å². The van der Waals surface area contributed by atoms with E-state index in [4.69, 9.17) is 5.11 Å². The first kappa shape index (κ1) is 10.6. The Hall–Kier alpha value is -1.39. The SMILES string of the molecule is CC(C)(C(=O)O)C(=O)CNC=O. The zero-order valence-electron chi connectivity index (χ0n) is 6.96. The minimum absolute atomic E-state index is 0.247. The van der Waals surface area contributed by atoms with Crippen molar-refractivity contribution in [1.82, 2.24) is 5.32 Å². The first-order valence-corrected chi connectivity index (χ1v) is 3.36. The third kappa shape index (κ3) is 2.34. The Balaban J connectivity index is 4.25. The van der Waals surface area contributed by atoms with Crippen molar-refractivity contribution in [3.63, 3.8) is 0 Å². The van der Waals surface area contributed by atoms with E-state index in [1.165, 1.54) is 13.8 Å². The van der Waals surface area contributed by atoms with E-state index >= 15 is 0 Å². The number of hydrogen-bond donors (Lipinski definition) is 2. The number of Topliss-reactive ketones (excluding diaryl/α,β-unsaturated/α-hetero) is 1. The van der Waals surface area contributed by atoms with Crippen LogP contribution in [0.2, 0.25) is 0 Å². The molecule has 0 spiro atoms. The van der Waals surface area contributed by atoms with Crippen molar-refractivity contribution in [2.24, 2.45) is 5.41 Å². The van der Waals surface area contributed by atoms with Gasteiger partial charge in [-0.1, -0.05) is 0 Å². The summed E-state index contributed by atoms with van der Waals surface area (Å²) in [6.07, 6.45) is 0.357. The maximum atomic E-state index is 11.1. The second kappa shape index (κ2) is 3.85. The maximum absolute atomic E-state index is 11.1. The van der Waals surface area contributed by atoms with Crippen molar-refractivity contribution in [3.8, 4) is 0 Å². The number of carboxylic acid groups (broad SMARTS) is 1. The fourth-order valence-electron chi connectivity index (χ4n) is 0.475. The van der Waals surface area contributed by atoms with Crippen LogP contribution in [0.4, 0.5) is 0 Å². The Kier molecular flexibility index (Phi) is 3.40. The molecule has 0 atom stereocenters. The standard InChI is InChI=1S/C7H11NO4/c1-7(2,6(11)12)5(10)3-8-4-9/h4H,3H2,1-2H3,(H,8,9)(H,11,12). The molecule has 0 fully saturated rings. The number of nitrogens with one attached hydrogen (secondary N) is 1. The molecular formula is C7H11NO4. The number of carbonyl (C=O) groups is 3. The highest BCUT2D eigenvalue weighted by atomic mass is 16.4. The number of aliphatic carboxylic acids is 1. The van der Waals surface area contributed by atoms with Gasteiger partial charge in [0.1, 0.15) is 5.41 Å². The molecule has 0 aromatic heterocycles. The largest absolute Gasteiger partial charge is 0.481 e. The number of carboxylic acids is 1. The normalized spacial score (nSPS) is 10.5. The Morgan fingerprint density at radius 2 is 2.00 bits per heavy atom. The predicted octanol–water partition coefficient (Wildman–Crippen LogP) is -0.588. The number of ketones is 1. The van der Waals surface area contributed by atoms with Crippen molar-refractivity contribution in [2.45, 2.75) is 13.8 Å². The molecule has 0 saturated heterocycles. The van der Waals surface area contributed by atoms with Crippen LogP contribution < -0.4 is 5.32 Å². The molecule has 0 aliphatic heterocycles. The van der Waals surface area contributed by atoms with Gasteiger partial charge < -0.3 is 10.4 Å². The molecule has 0 aliphatic rings. The molecule has 0 unspecified atom stereocenters. The van der Waals surface area contributed by atoms with Gasteiger partial charge in [0.2, 0.25) is 6.41 Å². The molecule has 12 heavy (non-hydrogen) atoms. The molecule has 0 aromatic rings. The van der Waals surface area contributed by atoms with E-state index in [1.807, 2.05) is 0 Å². The van der Waals surface area contributed by atoms with E-state index in [0.29, 0.717) is 6.41 Å². The van der Waals surface area contributed by atoms with Crippen LogP contribution in [0.15, 0.2) is 0 Å². The molecule has 5 heteroatoms. The van der Waals surface area contributed by atoms with Gasteiger partial charge >= 0.3 is 5.97 Å². The van der Waals surface area contributed by atoms with Crippen LogP contribution in [0.5, 0.6) is 0 Å². The van der Waals surface area contributed by atoms with Crippen LogP contribution in [0, 0.1) is 5.41 Å². The van der Waals surface area contributed by atoms with Crippen LogP contribution in [-0.4, -0.2) is 29.8 Å². The summed E-state index contributed by atoms with van der Waals surface area (Å²) < 4.78 is 0. The molecule has 0 aromatic carbocycles. The van der Waals surface area contributed by atoms with E-state index in [0.717, 1.165) is 0 Å². The van der Waals surface area contributed by atoms with Crippen molar-refractivity contribution in [1.29, 1.82) is 0 Å². The van der Waals surface area contributed by atoms with Gasteiger partial charge in [0, 0.05) is 0 Å². The van der Waals surface area contributed by atoms with E-state index in [-0.39, 0.29) is 6.54 Å². The van der Waals surface area contributed by atoms with Crippen LogP contribution in [-0.2, 0) is 14.4 Å². The average Bonchev–Trinajstić information content (AvgIpc) is 1.99. The van der Waals surface area contributed by atoms with Gasteiger partial charge in [-0.25, -0.2) is 0 Å². The smallest absolute Gasteiger partial charge is 0.316 e. The summed E-state index contributed by atoms with van der Waals surface area (Å²) >= 11 is 0. The fourth-order valence-corrected chi connectivity index (χ4v) is 0.475. The second-order valence-corrected chi connectivity index (χ2v) is 2.85. The molecule has 0 saturated carbocycles. The summed E-state index contributed by atoms with van der Waals surface area (Å²) in [6.45, 7) is 2.34. The fraction of sp³-hybridized carbons (Fsp3) is 0.571. The highest BCUT2D eigenvalue weighted by Crippen LogP contribution is 2.15. The van der Waals surface area contributed by atoms with Crippen molar-refractivity contribution >= 4 is 18.2 Å². The minimum Gasteiger partial charge on any atom is -0.481 e. The molecule has 0 bridgehead atoms. The Morgan fingerprint density at radius 1 is 1.50 bits per heavy atom. The van der Waals surface area contributed by atoms with Crippen LogP contribution in [0.1, 0.15) is 13.8 Å². The van der Waals surface area contributed by atoms with Gasteiger partial charge in [-0.3, -0.25) is 14.4 Å². The van der Waals surface area contributed by atoms with E-state index in [9.17, 15) is 14.4 Å². The Morgan fingerprint density at radius 3 is 2.33 bits per heavy atom. The molecular weight excluding hydrogens is 162 g/mol. The third-order valence-corrected chi connectivity index (χ3v) is 1.58. The first-order chi connectivity index (χ1) is 5.42. The lowest BCUT2D eigenvalue weighted by Gasteiger charge is -2.16. The summed E-state index contributed by atoms with van der Waals surface area (Å²) in [6, 6.07) is 0. The summed E-state index contributed by atoms with van der Waals surface area (Å²) in [4.78, 5) is 31.3. The Labute approximate surface area is 69.8 Å². The molecule has 2 N–H and O–H groups in total. The average molecular weight is 173 g/mol. The van der Waals surface area contributed by atoms with E-state index in [1.54, 1.807) is 0 Å².